The summed E-state index contributed by atoms with van der Waals surface area (Å²) in [6, 6.07) is 4.80. The van der Waals surface area contributed by atoms with Crippen molar-refractivity contribution in [3.63, 3.8) is 0 Å². The van der Waals surface area contributed by atoms with E-state index >= 15 is 0 Å². The molecule has 0 spiro atoms. The molecule has 1 aromatic carbocycles. The van der Waals surface area contributed by atoms with Crippen LogP contribution >= 0.6 is 0 Å². The summed E-state index contributed by atoms with van der Waals surface area (Å²) in [4.78, 5) is 23.4. The Morgan fingerprint density at radius 3 is 2.45 bits per heavy atom. The first kappa shape index (κ1) is 17.5. The molecule has 0 aliphatic carbocycles. The smallest absolute Gasteiger partial charge is 0.368 e. The number of hydrogen-bond acceptors (Lipinski definition) is 3. The summed E-state index contributed by atoms with van der Waals surface area (Å²) in [6.45, 7) is 1.49. The zero-order valence-electron chi connectivity index (χ0n) is 11.6. The molecule has 5 nitrogen and oxygen atoms in total. The Morgan fingerprint density at radius 2 is 1.95 bits per heavy atom. The normalized spacial score (nSPS) is 13.8. The second-order valence-corrected chi connectivity index (χ2v) is 4.74. The van der Waals surface area contributed by atoms with Gasteiger partial charge in [0.2, 0.25) is 5.91 Å². The van der Waals surface area contributed by atoms with Crippen molar-refractivity contribution >= 4 is 11.8 Å². The molecule has 2 atom stereocenters. The third-order valence-corrected chi connectivity index (χ3v) is 3.05. The van der Waals surface area contributed by atoms with E-state index in [2.05, 4.69) is 5.32 Å². The molecule has 2 amide bonds. The number of carbonyl (C=O) groups excluding carboxylic acids is 2. The van der Waals surface area contributed by atoms with Crippen molar-refractivity contribution in [3.05, 3.63) is 35.4 Å². The van der Waals surface area contributed by atoms with Gasteiger partial charge in [0.1, 0.15) is 6.04 Å². The average molecular weight is 313 g/mol. The molecule has 0 bridgehead atoms. The molecule has 1 rings (SSSR count). The van der Waals surface area contributed by atoms with Gasteiger partial charge in [0.05, 0.1) is 17.2 Å². The van der Waals surface area contributed by atoms with E-state index < -0.39 is 41.1 Å². The van der Waals surface area contributed by atoms with Crippen LogP contribution in [0.15, 0.2) is 24.3 Å². The average Bonchev–Trinajstić information content (AvgIpc) is 2.43. The van der Waals surface area contributed by atoms with Gasteiger partial charge in [-0.15, -0.1) is 0 Å². The van der Waals surface area contributed by atoms with Gasteiger partial charge in [-0.25, -0.2) is 0 Å². The fourth-order valence-electron chi connectivity index (χ4n) is 1.90. The molecule has 22 heavy (non-hydrogen) atoms. The van der Waals surface area contributed by atoms with Crippen LogP contribution in [0.3, 0.4) is 0 Å². The molecule has 0 radical (unpaired) electrons. The van der Waals surface area contributed by atoms with E-state index in [9.17, 15) is 22.8 Å². The van der Waals surface area contributed by atoms with Gasteiger partial charge < -0.3 is 11.1 Å². The quantitative estimate of drug-likeness (QED) is 0.868. The van der Waals surface area contributed by atoms with Gasteiger partial charge in [-0.2, -0.15) is 18.4 Å². The van der Waals surface area contributed by atoms with Crippen molar-refractivity contribution in [2.24, 2.45) is 11.7 Å². The molecule has 0 fully saturated rings. The zero-order chi connectivity index (χ0) is 16.9. The zero-order valence-corrected chi connectivity index (χ0v) is 11.6. The Morgan fingerprint density at radius 1 is 1.36 bits per heavy atom. The number of nitrogens with zero attached hydrogens (tertiary/aromatic N) is 1. The second kappa shape index (κ2) is 6.93. The van der Waals surface area contributed by atoms with Crippen LogP contribution in [-0.2, 0) is 11.0 Å². The molecular weight excluding hydrogens is 299 g/mol. The molecule has 0 saturated heterocycles. The highest BCUT2D eigenvalue weighted by molar-refractivity contribution is 5.98. The predicted molar refractivity (Wildman–Crippen MR) is 71.3 cm³/mol. The summed E-state index contributed by atoms with van der Waals surface area (Å²) in [5.74, 6) is -2.60. The molecule has 0 aromatic heterocycles. The van der Waals surface area contributed by atoms with Crippen LogP contribution in [0, 0.1) is 17.2 Å². The van der Waals surface area contributed by atoms with Crippen molar-refractivity contribution < 1.29 is 22.8 Å². The van der Waals surface area contributed by atoms with Crippen molar-refractivity contribution in [3.8, 4) is 6.07 Å². The lowest BCUT2D eigenvalue weighted by Gasteiger charge is -2.21. The number of primary amides is 1. The van der Waals surface area contributed by atoms with Crippen LogP contribution in [-0.4, -0.2) is 17.9 Å². The summed E-state index contributed by atoms with van der Waals surface area (Å²) in [5, 5.41) is 10.8. The molecule has 0 aliphatic heterocycles. The number of nitrogens with two attached hydrogens (primary N) is 1. The second-order valence-electron chi connectivity index (χ2n) is 4.74. The predicted octanol–water partition coefficient (Wildman–Crippen LogP) is 1.84. The number of benzene rings is 1. The molecule has 0 heterocycles. The maximum atomic E-state index is 12.9. The van der Waals surface area contributed by atoms with Crippen LogP contribution in [0.5, 0.6) is 0 Å². The summed E-state index contributed by atoms with van der Waals surface area (Å²) < 4.78 is 38.6. The maximum Gasteiger partial charge on any atom is 0.417 e. The lowest BCUT2D eigenvalue weighted by molar-refractivity contribution is -0.137. The summed E-state index contributed by atoms with van der Waals surface area (Å²) in [6.07, 6.45) is -4.77. The first-order valence-electron chi connectivity index (χ1n) is 6.31. The minimum absolute atomic E-state index is 0.0746. The summed E-state index contributed by atoms with van der Waals surface area (Å²) in [7, 11) is 0. The Balaban J connectivity index is 3.07. The summed E-state index contributed by atoms with van der Waals surface area (Å²) >= 11 is 0. The number of nitrogens with one attached hydrogen (secondary N) is 1. The van der Waals surface area contributed by atoms with Crippen LogP contribution in [0.25, 0.3) is 0 Å². The van der Waals surface area contributed by atoms with E-state index in [1.54, 1.807) is 0 Å². The molecule has 0 unspecified atom stereocenters. The summed E-state index contributed by atoms with van der Waals surface area (Å²) in [5.41, 5.74) is 3.42. The van der Waals surface area contributed by atoms with Crippen LogP contribution in [0.1, 0.15) is 29.3 Å². The van der Waals surface area contributed by atoms with Gasteiger partial charge in [0, 0.05) is 6.42 Å². The molecule has 1 aromatic rings. The van der Waals surface area contributed by atoms with Gasteiger partial charge in [-0.1, -0.05) is 19.1 Å². The first-order valence-corrected chi connectivity index (χ1v) is 6.31. The van der Waals surface area contributed by atoms with E-state index in [4.69, 9.17) is 11.0 Å². The van der Waals surface area contributed by atoms with Crippen LogP contribution < -0.4 is 11.1 Å². The Bertz CT molecular complexity index is 608. The lowest BCUT2D eigenvalue weighted by atomic mass is 9.97. The molecule has 3 N–H and O–H groups in total. The molecule has 0 aliphatic rings. The number of hydrogen-bond donors (Lipinski definition) is 2. The third-order valence-electron chi connectivity index (χ3n) is 3.05. The topological polar surface area (TPSA) is 96.0 Å². The van der Waals surface area contributed by atoms with E-state index in [1.807, 2.05) is 6.07 Å². The standard InChI is InChI=1S/C14H14F3N3O2/c1-8(6-7-18)11(12(19)21)20-13(22)9-4-2-3-5-10(9)14(15,16)17/h2-5,8,11H,6H2,1H3,(H2,19,21)(H,20,22)/t8-,11+/m1/s1. The highest BCUT2D eigenvalue weighted by atomic mass is 19.4. The van der Waals surface area contributed by atoms with Gasteiger partial charge in [0.15, 0.2) is 0 Å². The number of halogens is 3. The van der Waals surface area contributed by atoms with Crippen molar-refractivity contribution in [1.29, 1.82) is 5.26 Å². The number of amides is 2. The Kier molecular flexibility index (Phi) is 5.51. The van der Waals surface area contributed by atoms with E-state index in [-0.39, 0.29) is 6.42 Å². The van der Waals surface area contributed by atoms with Crippen molar-refractivity contribution in [2.75, 3.05) is 0 Å². The molecule has 118 valence electrons. The lowest BCUT2D eigenvalue weighted by Crippen LogP contribution is -2.48. The molecule has 0 saturated carbocycles. The minimum Gasteiger partial charge on any atom is -0.368 e. The molecular formula is C14H14F3N3O2. The van der Waals surface area contributed by atoms with Gasteiger partial charge in [0.25, 0.3) is 5.91 Å². The SMILES string of the molecule is C[C@H](CC#N)[C@H](NC(=O)c1ccccc1C(F)(F)F)C(N)=O. The highest BCUT2D eigenvalue weighted by Gasteiger charge is 2.36. The molecule has 8 heteroatoms. The van der Waals surface area contributed by atoms with Gasteiger partial charge in [-0.05, 0) is 18.1 Å². The van der Waals surface area contributed by atoms with E-state index in [1.165, 1.54) is 13.0 Å². The van der Waals surface area contributed by atoms with Crippen molar-refractivity contribution in [1.82, 2.24) is 5.32 Å². The number of carbonyl (C=O) groups is 2. The highest BCUT2D eigenvalue weighted by Crippen LogP contribution is 2.31. The monoisotopic (exact) mass is 313 g/mol. The van der Waals surface area contributed by atoms with Crippen LogP contribution in [0.2, 0.25) is 0 Å². The largest absolute Gasteiger partial charge is 0.417 e. The minimum atomic E-state index is -4.70. The van der Waals surface area contributed by atoms with Crippen LogP contribution in [0.4, 0.5) is 13.2 Å². The Labute approximate surface area is 124 Å². The van der Waals surface area contributed by atoms with Gasteiger partial charge in [-0.3, -0.25) is 9.59 Å². The van der Waals surface area contributed by atoms with E-state index in [0.29, 0.717) is 0 Å². The van der Waals surface area contributed by atoms with E-state index in [0.717, 1.165) is 18.2 Å². The Hall–Kier alpha value is -2.56. The van der Waals surface area contributed by atoms with Crippen molar-refractivity contribution in [2.45, 2.75) is 25.6 Å². The maximum absolute atomic E-state index is 12.9. The number of rotatable bonds is 5. The first-order chi connectivity index (χ1) is 10.2. The van der Waals surface area contributed by atoms with Gasteiger partial charge >= 0.3 is 6.18 Å². The third kappa shape index (κ3) is 4.22. The number of alkyl halides is 3. The fraction of sp³-hybridized carbons (Fsp3) is 0.357. The number of nitriles is 1. The fourth-order valence-corrected chi connectivity index (χ4v) is 1.90.